The van der Waals surface area contributed by atoms with Crippen LogP contribution in [-0.4, -0.2) is 28.6 Å². The fourth-order valence-corrected chi connectivity index (χ4v) is 2.16. The summed E-state index contributed by atoms with van der Waals surface area (Å²) in [6, 6.07) is 0. The summed E-state index contributed by atoms with van der Waals surface area (Å²) in [6.45, 7) is 1.88. The van der Waals surface area contributed by atoms with Gasteiger partial charge in [0.15, 0.2) is 0 Å². The van der Waals surface area contributed by atoms with Crippen LogP contribution < -0.4 is 0 Å². The van der Waals surface area contributed by atoms with Gasteiger partial charge in [-0.15, -0.1) is 0 Å². The average molecular weight is 228 g/mol. The zero-order chi connectivity index (χ0) is 11.3. The third-order valence-electron chi connectivity index (χ3n) is 2.00. The molecular weight excluding hydrogens is 212 g/mol. The highest BCUT2D eigenvalue weighted by Crippen LogP contribution is 2.15. The molecule has 0 spiro atoms. The molecule has 0 saturated heterocycles. The lowest BCUT2D eigenvalue weighted by molar-refractivity contribution is -0.143. The molecule has 1 rings (SSSR count). The molecule has 0 aliphatic carbocycles. The van der Waals surface area contributed by atoms with E-state index in [0.717, 1.165) is 11.5 Å². The van der Waals surface area contributed by atoms with Crippen molar-refractivity contribution in [3.05, 3.63) is 18.0 Å². The van der Waals surface area contributed by atoms with Crippen LogP contribution in [0, 0.1) is 5.92 Å². The first kappa shape index (κ1) is 12.1. The van der Waals surface area contributed by atoms with Gasteiger partial charge in [0.1, 0.15) is 0 Å². The van der Waals surface area contributed by atoms with Crippen molar-refractivity contribution in [2.75, 3.05) is 12.9 Å². The Bertz CT molecular complexity index is 325. The Labute approximate surface area is 94.0 Å². The Hall–Kier alpha value is -0.970. The standard InChI is InChI=1S/C10H16N2O2S/c1-8(10(13)14-3)6-15-7-9-4-11-12(2)5-9/h4-5,8H,6-7H2,1-3H3. The first-order valence-corrected chi connectivity index (χ1v) is 5.92. The Morgan fingerprint density at radius 3 is 3.00 bits per heavy atom. The largest absolute Gasteiger partial charge is 0.469 e. The molecule has 1 heterocycles. The minimum absolute atomic E-state index is 0.0447. The van der Waals surface area contributed by atoms with Crippen LogP contribution in [0.25, 0.3) is 0 Å². The lowest BCUT2D eigenvalue weighted by atomic mass is 10.2. The lowest BCUT2D eigenvalue weighted by Crippen LogP contribution is -2.14. The van der Waals surface area contributed by atoms with Crippen molar-refractivity contribution >= 4 is 17.7 Å². The van der Waals surface area contributed by atoms with Gasteiger partial charge in [-0.25, -0.2) is 0 Å². The Morgan fingerprint density at radius 1 is 1.73 bits per heavy atom. The summed E-state index contributed by atoms with van der Waals surface area (Å²) in [6.07, 6.45) is 3.83. The van der Waals surface area contributed by atoms with Crippen molar-refractivity contribution in [1.29, 1.82) is 0 Å². The second kappa shape index (κ2) is 5.80. The third-order valence-corrected chi connectivity index (χ3v) is 3.27. The fourth-order valence-electron chi connectivity index (χ4n) is 1.17. The van der Waals surface area contributed by atoms with Gasteiger partial charge >= 0.3 is 5.97 Å². The third kappa shape index (κ3) is 3.95. The van der Waals surface area contributed by atoms with E-state index in [4.69, 9.17) is 0 Å². The second-order valence-electron chi connectivity index (χ2n) is 3.46. The quantitative estimate of drug-likeness (QED) is 0.716. The van der Waals surface area contributed by atoms with Gasteiger partial charge in [0.2, 0.25) is 0 Å². The Kier molecular flexibility index (Phi) is 4.68. The van der Waals surface area contributed by atoms with Gasteiger partial charge in [0.05, 0.1) is 19.2 Å². The maximum Gasteiger partial charge on any atom is 0.309 e. The number of aromatic nitrogens is 2. The zero-order valence-corrected chi connectivity index (χ0v) is 10.1. The SMILES string of the molecule is COC(=O)C(C)CSCc1cnn(C)c1. The van der Waals surface area contributed by atoms with Crippen LogP contribution in [0.5, 0.6) is 0 Å². The molecule has 0 aliphatic heterocycles. The monoisotopic (exact) mass is 228 g/mol. The van der Waals surface area contributed by atoms with E-state index in [9.17, 15) is 4.79 Å². The maximum atomic E-state index is 11.1. The lowest BCUT2D eigenvalue weighted by Gasteiger charge is -2.07. The van der Waals surface area contributed by atoms with Crippen LogP contribution in [0.1, 0.15) is 12.5 Å². The van der Waals surface area contributed by atoms with Crippen molar-refractivity contribution in [2.24, 2.45) is 13.0 Å². The molecular formula is C10H16N2O2S. The fraction of sp³-hybridized carbons (Fsp3) is 0.600. The van der Waals surface area contributed by atoms with E-state index in [1.54, 1.807) is 16.4 Å². The van der Waals surface area contributed by atoms with Gasteiger partial charge in [0, 0.05) is 24.8 Å². The van der Waals surface area contributed by atoms with E-state index in [1.807, 2.05) is 26.4 Å². The normalized spacial score (nSPS) is 12.5. The van der Waals surface area contributed by atoms with E-state index in [0.29, 0.717) is 0 Å². The highest BCUT2D eigenvalue weighted by atomic mass is 32.2. The van der Waals surface area contributed by atoms with Crippen molar-refractivity contribution < 1.29 is 9.53 Å². The number of aryl methyl sites for hydroxylation is 1. The van der Waals surface area contributed by atoms with E-state index in [1.165, 1.54) is 12.7 Å². The zero-order valence-electron chi connectivity index (χ0n) is 9.27. The van der Waals surface area contributed by atoms with Crippen LogP contribution in [0.3, 0.4) is 0 Å². The molecule has 0 radical (unpaired) electrons. The summed E-state index contributed by atoms with van der Waals surface area (Å²) in [7, 11) is 3.32. The number of nitrogens with zero attached hydrogens (tertiary/aromatic N) is 2. The number of carbonyl (C=O) groups is 1. The number of rotatable bonds is 5. The number of hydrogen-bond donors (Lipinski definition) is 0. The molecule has 0 fully saturated rings. The van der Waals surface area contributed by atoms with Crippen LogP contribution in [-0.2, 0) is 22.3 Å². The molecule has 0 N–H and O–H groups in total. The average Bonchev–Trinajstić information content (AvgIpc) is 2.63. The van der Waals surface area contributed by atoms with Crippen molar-refractivity contribution in [2.45, 2.75) is 12.7 Å². The molecule has 4 nitrogen and oxygen atoms in total. The van der Waals surface area contributed by atoms with Crippen LogP contribution in [0.4, 0.5) is 0 Å². The van der Waals surface area contributed by atoms with Crippen LogP contribution in [0.2, 0.25) is 0 Å². The number of ether oxygens (including phenoxy) is 1. The Balaban J connectivity index is 2.24. The van der Waals surface area contributed by atoms with E-state index in [2.05, 4.69) is 9.84 Å². The smallest absolute Gasteiger partial charge is 0.309 e. The molecule has 1 atom stereocenters. The highest BCUT2D eigenvalue weighted by molar-refractivity contribution is 7.98. The van der Waals surface area contributed by atoms with Crippen LogP contribution in [0.15, 0.2) is 12.4 Å². The minimum Gasteiger partial charge on any atom is -0.469 e. The van der Waals surface area contributed by atoms with Gasteiger partial charge < -0.3 is 4.74 Å². The summed E-state index contributed by atoms with van der Waals surface area (Å²) < 4.78 is 6.43. The van der Waals surface area contributed by atoms with E-state index >= 15 is 0 Å². The molecule has 15 heavy (non-hydrogen) atoms. The summed E-state index contributed by atoms with van der Waals surface area (Å²) >= 11 is 1.72. The number of thioether (sulfide) groups is 1. The van der Waals surface area contributed by atoms with Crippen LogP contribution >= 0.6 is 11.8 Å². The highest BCUT2D eigenvalue weighted by Gasteiger charge is 2.12. The molecule has 1 aromatic heterocycles. The molecule has 1 unspecified atom stereocenters. The predicted octanol–water partition coefficient (Wildman–Crippen LogP) is 1.46. The van der Waals surface area contributed by atoms with E-state index < -0.39 is 0 Å². The van der Waals surface area contributed by atoms with E-state index in [-0.39, 0.29) is 11.9 Å². The van der Waals surface area contributed by atoms with Gasteiger partial charge in [0.25, 0.3) is 0 Å². The van der Waals surface area contributed by atoms with Gasteiger partial charge in [-0.3, -0.25) is 9.48 Å². The maximum absolute atomic E-state index is 11.1. The number of carbonyl (C=O) groups excluding carboxylic acids is 1. The first-order chi connectivity index (χ1) is 7.13. The molecule has 0 aromatic carbocycles. The first-order valence-electron chi connectivity index (χ1n) is 4.76. The minimum atomic E-state index is -0.145. The molecule has 1 aromatic rings. The molecule has 0 bridgehead atoms. The summed E-state index contributed by atoms with van der Waals surface area (Å²) in [5.41, 5.74) is 1.18. The van der Waals surface area contributed by atoms with Crippen molar-refractivity contribution in [1.82, 2.24) is 9.78 Å². The number of hydrogen-bond acceptors (Lipinski definition) is 4. The molecule has 5 heteroatoms. The number of esters is 1. The second-order valence-corrected chi connectivity index (χ2v) is 4.49. The van der Waals surface area contributed by atoms with Gasteiger partial charge in [-0.1, -0.05) is 6.92 Å². The predicted molar refractivity (Wildman–Crippen MR) is 60.6 cm³/mol. The van der Waals surface area contributed by atoms with Gasteiger partial charge in [-0.2, -0.15) is 16.9 Å². The summed E-state index contributed by atoms with van der Waals surface area (Å²) in [5, 5.41) is 4.08. The molecule has 0 saturated carbocycles. The van der Waals surface area contributed by atoms with Gasteiger partial charge in [-0.05, 0) is 5.56 Å². The number of methoxy groups -OCH3 is 1. The van der Waals surface area contributed by atoms with Crippen molar-refractivity contribution in [3.63, 3.8) is 0 Å². The summed E-state index contributed by atoms with van der Waals surface area (Å²) in [5.74, 6) is 1.47. The van der Waals surface area contributed by atoms with Crippen molar-refractivity contribution in [3.8, 4) is 0 Å². The molecule has 0 amide bonds. The molecule has 0 aliphatic rings. The molecule has 84 valence electrons. The summed E-state index contributed by atoms with van der Waals surface area (Å²) in [4.78, 5) is 11.1. The Morgan fingerprint density at radius 2 is 2.47 bits per heavy atom. The topological polar surface area (TPSA) is 44.1 Å².